The van der Waals surface area contributed by atoms with Crippen molar-refractivity contribution in [2.24, 2.45) is 0 Å². The van der Waals surface area contributed by atoms with Crippen LogP contribution in [-0.4, -0.2) is 13.4 Å². The van der Waals surface area contributed by atoms with E-state index < -0.39 is 14.9 Å². The van der Waals surface area contributed by atoms with Gasteiger partial charge in [-0.2, -0.15) is 0 Å². The van der Waals surface area contributed by atoms with Crippen LogP contribution in [0.15, 0.2) is 29.3 Å². The summed E-state index contributed by atoms with van der Waals surface area (Å²) in [6.45, 7) is 0. The zero-order valence-corrected chi connectivity index (χ0v) is 8.36. The van der Waals surface area contributed by atoms with Crippen LogP contribution in [0.5, 0.6) is 0 Å². The van der Waals surface area contributed by atoms with Crippen LogP contribution in [0.1, 0.15) is 0 Å². The molecule has 0 saturated heterocycles. The molecule has 6 heteroatoms. The van der Waals surface area contributed by atoms with Crippen LogP contribution >= 0.6 is 10.7 Å². The Labute approximate surface area is 83.9 Å². The lowest BCUT2D eigenvalue weighted by molar-refractivity contribution is 0.609. The number of rotatable bonds is 1. The van der Waals surface area contributed by atoms with E-state index in [-0.39, 0.29) is 15.8 Å². The Balaban J connectivity index is 2.93. The van der Waals surface area contributed by atoms with Gasteiger partial charge in [-0.25, -0.2) is 12.8 Å². The number of aromatic amines is 1. The summed E-state index contributed by atoms with van der Waals surface area (Å²) in [5.41, 5.74) is 0.145. The molecule has 2 rings (SSSR count). The molecule has 0 fully saturated rings. The molecule has 0 amide bonds. The quantitative estimate of drug-likeness (QED) is 0.768. The maximum absolute atomic E-state index is 13.1. The van der Waals surface area contributed by atoms with E-state index in [1.165, 1.54) is 12.3 Å². The standard InChI is InChI=1S/C8H5ClFNO2S/c9-14(12,13)7-2-1-6(10)8-5(7)3-4-11-8/h1-4,11H. The highest BCUT2D eigenvalue weighted by Gasteiger charge is 2.16. The Hall–Kier alpha value is -1.07. The van der Waals surface area contributed by atoms with Crippen molar-refractivity contribution in [1.29, 1.82) is 0 Å². The van der Waals surface area contributed by atoms with Gasteiger partial charge < -0.3 is 4.98 Å². The molecular weight excluding hydrogens is 229 g/mol. The third kappa shape index (κ3) is 1.38. The lowest BCUT2D eigenvalue weighted by Gasteiger charge is -1.98. The highest BCUT2D eigenvalue weighted by molar-refractivity contribution is 8.14. The number of hydrogen-bond acceptors (Lipinski definition) is 2. The molecule has 3 nitrogen and oxygen atoms in total. The molecule has 0 atom stereocenters. The molecule has 0 bridgehead atoms. The lowest BCUT2D eigenvalue weighted by Crippen LogP contribution is -1.92. The molecule has 1 aromatic carbocycles. The first kappa shape index (κ1) is 9.48. The van der Waals surface area contributed by atoms with Crippen LogP contribution in [0.4, 0.5) is 4.39 Å². The fraction of sp³-hybridized carbons (Fsp3) is 0. The minimum absolute atomic E-state index is 0.0863. The molecule has 0 spiro atoms. The van der Waals surface area contributed by atoms with E-state index >= 15 is 0 Å². The van der Waals surface area contributed by atoms with Gasteiger partial charge in [0, 0.05) is 22.3 Å². The van der Waals surface area contributed by atoms with Gasteiger partial charge in [0.25, 0.3) is 9.05 Å². The maximum atomic E-state index is 13.1. The van der Waals surface area contributed by atoms with Gasteiger partial charge >= 0.3 is 0 Å². The van der Waals surface area contributed by atoms with E-state index in [0.717, 1.165) is 12.1 Å². The van der Waals surface area contributed by atoms with Gasteiger partial charge in [0.1, 0.15) is 5.82 Å². The van der Waals surface area contributed by atoms with Gasteiger partial charge in [0.2, 0.25) is 0 Å². The molecule has 0 saturated carbocycles. The number of fused-ring (bicyclic) bond motifs is 1. The molecule has 74 valence electrons. The summed E-state index contributed by atoms with van der Waals surface area (Å²) in [5, 5.41) is 0.264. The van der Waals surface area contributed by atoms with Crippen molar-refractivity contribution in [3.05, 3.63) is 30.2 Å². The summed E-state index contributed by atoms with van der Waals surface area (Å²) in [6.07, 6.45) is 1.46. The molecular formula is C8H5ClFNO2S. The Morgan fingerprint density at radius 2 is 2.00 bits per heavy atom. The van der Waals surface area contributed by atoms with Crippen molar-refractivity contribution < 1.29 is 12.8 Å². The lowest BCUT2D eigenvalue weighted by atomic mass is 10.2. The van der Waals surface area contributed by atoms with Crippen molar-refractivity contribution in [2.45, 2.75) is 4.90 Å². The minimum Gasteiger partial charge on any atom is -0.359 e. The first-order valence-corrected chi connectivity index (χ1v) is 6.01. The molecule has 2 aromatic rings. The van der Waals surface area contributed by atoms with Crippen molar-refractivity contribution in [1.82, 2.24) is 4.98 Å². The summed E-state index contributed by atoms with van der Waals surface area (Å²) in [6, 6.07) is 3.68. The van der Waals surface area contributed by atoms with E-state index in [1.807, 2.05) is 0 Å². The zero-order chi connectivity index (χ0) is 10.3. The van der Waals surface area contributed by atoms with E-state index in [2.05, 4.69) is 4.98 Å². The molecule has 1 aromatic heterocycles. The Bertz CT molecular complexity index is 590. The highest BCUT2D eigenvalue weighted by atomic mass is 35.7. The Morgan fingerprint density at radius 1 is 1.29 bits per heavy atom. The third-order valence-electron chi connectivity index (χ3n) is 1.90. The largest absolute Gasteiger partial charge is 0.359 e. The van der Waals surface area contributed by atoms with E-state index in [4.69, 9.17) is 10.7 Å². The van der Waals surface area contributed by atoms with Gasteiger partial charge in [-0.1, -0.05) is 0 Å². The van der Waals surface area contributed by atoms with Gasteiger partial charge in [-0.05, 0) is 18.2 Å². The number of H-pyrrole nitrogens is 1. The number of aromatic nitrogens is 1. The summed E-state index contributed by atoms with van der Waals surface area (Å²) in [5.74, 6) is -0.505. The predicted octanol–water partition coefficient (Wildman–Crippen LogP) is 2.23. The van der Waals surface area contributed by atoms with Gasteiger partial charge in [-0.3, -0.25) is 0 Å². The Kier molecular flexibility index (Phi) is 2.01. The molecule has 0 aliphatic carbocycles. The van der Waals surface area contributed by atoms with E-state index in [9.17, 15) is 12.8 Å². The van der Waals surface area contributed by atoms with Gasteiger partial charge in [0.15, 0.2) is 0 Å². The minimum atomic E-state index is -3.83. The van der Waals surface area contributed by atoms with Gasteiger partial charge in [-0.15, -0.1) is 0 Å². The second-order valence-corrected chi connectivity index (χ2v) is 5.28. The zero-order valence-electron chi connectivity index (χ0n) is 6.79. The molecule has 0 radical (unpaired) electrons. The summed E-state index contributed by atoms with van der Waals surface area (Å²) in [4.78, 5) is 2.52. The van der Waals surface area contributed by atoms with Crippen LogP contribution in [0.3, 0.4) is 0 Å². The van der Waals surface area contributed by atoms with Gasteiger partial charge in [0.05, 0.1) is 10.4 Å². The monoisotopic (exact) mass is 233 g/mol. The average molecular weight is 234 g/mol. The summed E-state index contributed by atoms with van der Waals surface area (Å²) >= 11 is 0. The molecule has 0 aliphatic rings. The van der Waals surface area contributed by atoms with E-state index in [0.29, 0.717) is 0 Å². The number of nitrogens with one attached hydrogen (secondary N) is 1. The second-order valence-electron chi connectivity index (χ2n) is 2.75. The van der Waals surface area contributed by atoms with Crippen molar-refractivity contribution >= 4 is 30.6 Å². The van der Waals surface area contributed by atoms with E-state index in [1.54, 1.807) is 0 Å². The summed E-state index contributed by atoms with van der Waals surface area (Å²) < 4.78 is 35.3. The van der Waals surface area contributed by atoms with Crippen LogP contribution in [0.25, 0.3) is 10.9 Å². The molecule has 14 heavy (non-hydrogen) atoms. The molecule has 0 aliphatic heterocycles. The number of benzene rings is 1. The highest BCUT2D eigenvalue weighted by Crippen LogP contribution is 2.26. The number of hydrogen-bond donors (Lipinski definition) is 1. The normalized spacial score (nSPS) is 12.1. The SMILES string of the molecule is O=S(=O)(Cl)c1ccc(F)c2[nH]ccc12. The van der Waals surface area contributed by atoms with Crippen molar-refractivity contribution in [2.75, 3.05) is 0 Å². The van der Waals surface area contributed by atoms with Crippen LogP contribution in [0, 0.1) is 5.82 Å². The average Bonchev–Trinajstić information content (AvgIpc) is 2.50. The summed E-state index contributed by atoms with van der Waals surface area (Å²) in [7, 11) is 1.35. The fourth-order valence-electron chi connectivity index (χ4n) is 1.31. The Morgan fingerprint density at radius 3 is 2.64 bits per heavy atom. The first-order valence-electron chi connectivity index (χ1n) is 3.70. The molecule has 1 N–H and O–H groups in total. The van der Waals surface area contributed by atoms with Crippen molar-refractivity contribution in [3.8, 4) is 0 Å². The smallest absolute Gasteiger partial charge is 0.261 e. The molecule has 0 unspecified atom stereocenters. The predicted molar refractivity (Wildman–Crippen MR) is 51.3 cm³/mol. The first-order chi connectivity index (χ1) is 6.50. The third-order valence-corrected chi connectivity index (χ3v) is 3.28. The topological polar surface area (TPSA) is 49.9 Å². The second kappa shape index (κ2) is 2.96. The van der Waals surface area contributed by atoms with Crippen molar-refractivity contribution in [3.63, 3.8) is 0 Å². The van der Waals surface area contributed by atoms with Crippen LogP contribution in [-0.2, 0) is 9.05 Å². The maximum Gasteiger partial charge on any atom is 0.261 e. The van der Waals surface area contributed by atoms with Crippen LogP contribution in [0.2, 0.25) is 0 Å². The van der Waals surface area contributed by atoms with Crippen LogP contribution < -0.4 is 0 Å². The molecule has 1 heterocycles. The number of halogens is 2. The fourth-order valence-corrected chi connectivity index (χ4v) is 2.37.